The molecule has 6 heteroatoms. The summed E-state index contributed by atoms with van der Waals surface area (Å²) in [6.07, 6.45) is 1.98. The Kier molecular flexibility index (Phi) is 5.48. The van der Waals surface area contributed by atoms with Crippen LogP contribution in [0.3, 0.4) is 0 Å². The summed E-state index contributed by atoms with van der Waals surface area (Å²) in [6, 6.07) is 9.93. The number of amides is 1. The summed E-state index contributed by atoms with van der Waals surface area (Å²) >= 11 is 0. The Morgan fingerprint density at radius 3 is 2.84 bits per heavy atom. The molecule has 1 aromatic carbocycles. The lowest BCUT2D eigenvalue weighted by molar-refractivity contribution is -0.132. The molecule has 2 aromatic rings. The Balaban J connectivity index is 1.46. The summed E-state index contributed by atoms with van der Waals surface area (Å²) in [6.45, 7) is 3.91. The van der Waals surface area contributed by atoms with Crippen LogP contribution in [0.25, 0.3) is 0 Å². The van der Waals surface area contributed by atoms with E-state index >= 15 is 0 Å². The van der Waals surface area contributed by atoms with Crippen molar-refractivity contribution < 1.29 is 9.53 Å². The zero-order valence-electron chi connectivity index (χ0n) is 14.8. The first kappa shape index (κ1) is 17.2. The van der Waals surface area contributed by atoms with Crippen molar-refractivity contribution >= 4 is 11.7 Å². The third-order valence-corrected chi connectivity index (χ3v) is 4.37. The Bertz CT molecular complexity index is 731. The quantitative estimate of drug-likeness (QED) is 0.819. The van der Waals surface area contributed by atoms with Crippen LogP contribution in [0.4, 0.5) is 5.82 Å². The summed E-state index contributed by atoms with van der Waals surface area (Å²) in [5.41, 5.74) is 3.28. The number of nitrogens with zero attached hydrogens (tertiary/aromatic N) is 3. The van der Waals surface area contributed by atoms with Crippen LogP contribution in [0.1, 0.15) is 29.7 Å². The Hall–Kier alpha value is -2.63. The normalized spacial score (nSPS) is 13.3. The van der Waals surface area contributed by atoms with Gasteiger partial charge in [-0.3, -0.25) is 4.79 Å². The minimum atomic E-state index is 0.168. The molecule has 1 aromatic heterocycles. The van der Waals surface area contributed by atoms with Crippen LogP contribution in [0.5, 0.6) is 5.75 Å². The number of rotatable bonds is 6. The highest BCUT2D eigenvalue weighted by atomic mass is 16.5. The first-order valence-electron chi connectivity index (χ1n) is 8.66. The molecule has 1 aliphatic rings. The summed E-state index contributed by atoms with van der Waals surface area (Å²) in [5, 5.41) is 11.3. The number of aromatic nitrogens is 2. The zero-order chi connectivity index (χ0) is 17.6. The van der Waals surface area contributed by atoms with Crippen molar-refractivity contribution in [1.82, 2.24) is 15.1 Å². The van der Waals surface area contributed by atoms with E-state index < -0.39 is 0 Å². The standard InChI is InChI=1S/C19H24N4O2/c1-14-5-7-16(8-6-14)25-11-3-4-19(24)23-10-9-17-15(13-23)12-18(20-2)22-21-17/h5-8,12H,3-4,9-11,13H2,1-2H3,(H,20,22). The third-order valence-electron chi connectivity index (χ3n) is 4.37. The third kappa shape index (κ3) is 4.47. The molecule has 1 N–H and O–H groups in total. The first-order chi connectivity index (χ1) is 12.2. The second-order valence-corrected chi connectivity index (χ2v) is 6.28. The maximum atomic E-state index is 12.4. The Morgan fingerprint density at radius 1 is 1.28 bits per heavy atom. The largest absolute Gasteiger partial charge is 0.494 e. The molecule has 0 bridgehead atoms. The van der Waals surface area contributed by atoms with Crippen LogP contribution in [-0.4, -0.2) is 41.2 Å². The van der Waals surface area contributed by atoms with E-state index in [4.69, 9.17) is 4.74 Å². The molecule has 0 saturated carbocycles. The van der Waals surface area contributed by atoms with Gasteiger partial charge >= 0.3 is 0 Å². The van der Waals surface area contributed by atoms with Gasteiger partial charge in [0.1, 0.15) is 11.6 Å². The highest BCUT2D eigenvalue weighted by molar-refractivity contribution is 5.76. The van der Waals surface area contributed by atoms with Gasteiger partial charge in [-0.15, -0.1) is 5.10 Å². The number of hydrogen-bond donors (Lipinski definition) is 1. The molecule has 6 nitrogen and oxygen atoms in total. The van der Waals surface area contributed by atoms with E-state index in [-0.39, 0.29) is 5.91 Å². The molecule has 3 rings (SSSR count). The number of ether oxygens (including phenoxy) is 1. The number of carbonyl (C=O) groups is 1. The molecule has 132 valence electrons. The van der Waals surface area contributed by atoms with E-state index in [9.17, 15) is 4.79 Å². The number of benzene rings is 1. The van der Waals surface area contributed by atoms with E-state index in [1.807, 2.05) is 49.2 Å². The number of nitrogens with one attached hydrogen (secondary N) is 1. The number of carbonyl (C=O) groups excluding carboxylic acids is 1. The van der Waals surface area contributed by atoms with Crippen molar-refractivity contribution in [2.75, 3.05) is 25.5 Å². The van der Waals surface area contributed by atoms with Gasteiger partial charge in [0.25, 0.3) is 0 Å². The smallest absolute Gasteiger partial charge is 0.223 e. The molecular weight excluding hydrogens is 316 g/mol. The summed E-state index contributed by atoms with van der Waals surface area (Å²) in [5.74, 6) is 1.75. The van der Waals surface area contributed by atoms with Crippen molar-refractivity contribution in [3.05, 3.63) is 47.2 Å². The van der Waals surface area contributed by atoms with Gasteiger partial charge in [-0.05, 0) is 37.1 Å². The maximum absolute atomic E-state index is 12.4. The van der Waals surface area contributed by atoms with Gasteiger partial charge < -0.3 is 15.0 Å². The van der Waals surface area contributed by atoms with E-state index in [0.29, 0.717) is 32.5 Å². The molecule has 0 aliphatic carbocycles. The van der Waals surface area contributed by atoms with Crippen LogP contribution >= 0.6 is 0 Å². The molecule has 0 unspecified atom stereocenters. The predicted molar refractivity (Wildman–Crippen MR) is 96.6 cm³/mol. The van der Waals surface area contributed by atoms with Gasteiger partial charge in [0, 0.05) is 33.0 Å². The molecule has 0 radical (unpaired) electrons. The van der Waals surface area contributed by atoms with Crippen molar-refractivity contribution in [3.8, 4) is 5.75 Å². The predicted octanol–water partition coefficient (Wildman–Crippen LogP) is 2.57. The minimum Gasteiger partial charge on any atom is -0.494 e. The highest BCUT2D eigenvalue weighted by Crippen LogP contribution is 2.19. The van der Waals surface area contributed by atoms with Crippen LogP contribution in [0.15, 0.2) is 30.3 Å². The second kappa shape index (κ2) is 7.96. The number of aryl methyl sites for hydroxylation is 1. The molecule has 1 aliphatic heterocycles. The number of hydrogen-bond acceptors (Lipinski definition) is 5. The van der Waals surface area contributed by atoms with Crippen molar-refractivity contribution in [2.24, 2.45) is 0 Å². The van der Waals surface area contributed by atoms with Crippen molar-refractivity contribution in [2.45, 2.75) is 32.7 Å². The summed E-state index contributed by atoms with van der Waals surface area (Å²) in [7, 11) is 1.82. The van der Waals surface area contributed by atoms with Gasteiger partial charge in [0.15, 0.2) is 0 Å². The molecule has 0 spiro atoms. The fourth-order valence-corrected chi connectivity index (χ4v) is 2.87. The lowest BCUT2D eigenvalue weighted by Crippen LogP contribution is -2.36. The van der Waals surface area contributed by atoms with E-state index in [2.05, 4.69) is 15.5 Å². The van der Waals surface area contributed by atoms with Gasteiger partial charge in [-0.25, -0.2) is 0 Å². The molecule has 0 saturated heterocycles. The Labute approximate surface area is 148 Å². The van der Waals surface area contributed by atoms with Crippen LogP contribution in [0.2, 0.25) is 0 Å². The lowest BCUT2D eigenvalue weighted by Gasteiger charge is -2.28. The van der Waals surface area contributed by atoms with E-state index in [1.54, 1.807) is 0 Å². The van der Waals surface area contributed by atoms with Gasteiger partial charge in [-0.1, -0.05) is 17.7 Å². The van der Waals surface area contributed by atoms with Crippen molar-refractivity contribution in [1.29, 1.82) is 0 Å². The fourth-order valence-electron chi connectivity index (χ4n) is 2.87. The molecule has 0 atom stereocenters. The van der Waals surface area contributed by atoms with Crippen molar-refractivity contribution in [3.63, 3.8) is 0 Å². The number of fused-ring (bicyclic) bond motifs is 1. The first-order valence-corrected chi connectivity index (χ1v) is 8.66. The van der Waals surface area contributed by atoms with Crippen LogP contribution < -0.4 is 10.1 Å². The highest BCUT2D eigenvalue weighted by Gasteiger charge is 2.22. The van der Waals surface area contributed by atoms with Crippen LogP contribution in [0, 0.1) is 6.92 Å². The average molecular weight is 340 g/mol. The number of anilines is 1. The fraction of sp³-hybridized carbons (Fsp3) is 0.421. The lowest BCUT2D eigenvalue weighted by atomic mass is 10.1. The summed E-state index contributed by atoms with van der Waals surface area (Å²) < 4.78 is 5.69. The van der Waals surface area contributed by atoms with Crippen LogP contribution in [-0.2, 0) is 17.8 Å². The molecule has 2 heterocycles. The molecule has 25 heavy (non-hydrogen) atoms. The minimum absolute atomic E-state index is 0.168. The summed E-state index contributed by atoms with van der Waals surface area (Å²) in [4.78, 5) is 14.3. The SMILES string of the molecule is CNc1cc2c(nn1)CCN(C(=O)CCCOc1ccc(C)cc1)C2. The molecule has 0 fully saturated rings. The monoisotopic (exact) mass is 340 g/mol. The van der Waals surface area contributed by atoms with E-state index in [0.717, 1.165) is 29.2 Å². The second-order valence-electron chi connectivity index (χ2n) is 6.28. The van der Waals surface area contributed by atoms with Gasteiger partial charge in [0.05, 0.1) is 12.3 Å². The maximum Gasteiger partial charge on any atom is 0.223 e. The topological polar surface area (TPSA) is 67.4 Å². The average Bonchev–Trinajstić information content (AvgIpc) is 2.65. The molecular formula is C19H24N4O2. The Morgan fingerprint density at radius 2 is 2.08 bits per heavy atom. The van der Waals surface area contributed by atoms with E-state index in [1.165, 1.54) is 5.56 Å². The molecule has 1 amide bonds. The van der Waals surface area contributed by atoms with Gasteiger partial charge in [-0.2, -0.15) is 5.10 Å². The van der Waals surface area contributed by atoms with Gasteiger partial charge in [0.2, 0.25) is 5.91 Å². The zero-order valence-corrected chi connectivity index (χ0v) is 14.8.